The van der Waals surface area contributed by atoms with Crippen molar-refractivity contribution in [3.05, 3.63) is 42.5 Å². The number of rotatable bonds is 6. The molecule has 0 radical (unpaired) electrons. The van der Waals surface area contributed by atoms with Crippen molar-refractivity contribution in [1.82, 2.24) is 9.80 Å². The molecule has 1 aliphatic heterocycles. The lowest BCUT2D eigenvalue weighted by atomic mass is 10.1. The van der Waals surface area contributed by atoms with E-state index in [1.165, 1.54) is 0 Å². The third-order valence-electron chi connectivity index (χ3n) is 4.59. The Bertz CT molecular complexity index is 876. The first-order valence-corrected chi connectivity index (χ1v) is 9.53. The van der Waals surface area contributed by atoms with Gasteiger partial charge in [-0.3, -0.25) is 4.79 Å². The molecule has 8 nitrogen and oxygen atoms in total. The second-order valence-corrected chi connectivity index (χ2v) is 6.53. The van der Waals surface area contributed by atoms with Gasteiger partial charge in [0.15, 0.2) is 13.2 Å². The summed E-state index contributed by atoms with van der Waals surface area (Å²) in [6, 6.07) is 13.4. The summed E-state index contributed by atoms with van der Waals surface area (Å²) in [6.07, 6.45) is -0.378. The molecular weight excluding hydrogens is 376 g/mol. The van der Waals surface area contributed by atoms with Crippen molar-refractivity contribution >= 4 is 28.7 Å². The van der Waals surface area contributed by atoms with Gasteiger partial charge in [-0.25, -0.2) is 9.59 Å². The van der Waals surface area contributed by atoms with Gasteiger partial charge in [0, 0.05) is 26.2 Å². The van der Waals surface area contributed by atoms with Gasteiger partial charge in [-0.1, -0.05) is 30.3 Å². The van der Waals surface area contributed by atoms with E-state index in [0.29, 0.717) is 38.5 Å². The Hall–Kier alpha value is -3.29. The van der Waals surface area contributed by atoms with E-state index >= 15 is 0 Å². The Morgan fingerprint density at radius 3 is 2.28 bits per heavy atom. The number of esters is 1. The van der Waals surface area contributed by atoms with Gasteiger partial charge in [0.25, 0.3) is 5.91 Å². The lowest BCUT2D eigenvalue weighted by Gasteiger charge is -2.33. The van der Waals surface area contributed by atoms with Crippen LogP contribution in [-0.2, 0) is 19.1 Å². The van der Waals surface area contributed by atoms with Crippen LogP contribution < -0.4 is 4.74 Å². The van der Waals surface area contributed by atoms with E-state index < -0.39 is 5.97 Å². The Morgan fingerprint density at radius 2 is 1.55 bits per heavy atom. The largest absolute Gasteiger partial charge is 0.482 e. The Labute approximate surface area is 168 Å². The van der Waals surface area contributed by atoms with Gasteiger partial charge < -0.3 is 24.0 Å². The summed E-state index contributed by atoms with van der Waals surface area (Å²) in [7, 11) is 0. The predicted molar refractivity (Wildman–Crippen MR) is 106 cm³/mol. The van der Waals surface area contributed by atoms with Crippen LogP contribution in [-0.4, -0.2) is 73.8 Å². The summed E-state index contributed by atoms with van der Waals surface area (Å²) in [5, 5.41) is 2.09. The van der Waals surface area contributed by atoms with Crippen molar-refractivity contribution in [2.24, 2.45) is 0 Å². The zero-order valence-corrected chi connectivity index (χ0v) is 16.3. The quantitative estimate of drug-likeness (QED) is 0.690. The zero-order valence-electron chi connectivity index (χ0n) is 16.3. The monoisotopic (exact) mass is 400 g/mol. The number of ether oxygens (including phenoxy) is 3. The molecule has 0 unspecified atom stereocenters. The molecule has 0 spiro atoms. The zero-order chi connectivity index (χ0) is 20.6. The van der Waals surface area contributed by atoms with Crippen LogP contribution in [0.25, 0.3) is 10.8 Å². The first-order chi connectivity index (χ1) is 14.1. The minimum Gasteiger partial charge on any atom is -0.482 e. The van der Waals surface area contributed by atoms with Crippen molar-refractivity contribution in [2.45, 2.75) is 6.92 Å². The van der Waals surface area contributed by atoms with Crippen LogP contribution in [0.15, 0.2) is 42.5 Å². The van der Waals surface area contributed by atoms with Crippen LogP contribution in [0, 0.1) is 0 Å². The van der Waals surface area contributed by atoms with Crippen molar-refractivity contribution < 1.29 is 28.6 Å². The summed E-state index contributed by atoms with van der Waals surface area (Å²) < 4.78 is 15.4. The van der Waals surface area contributed by atoms with E-state index in [1.54, 1.807) is 22.8 Å². The van der Waals surface area contributed by atoms with Gasteiger partial charge in [-0.15, -0.1) is 0 Å². The number of fused-ring (bicyclic) bond motifs is 1. The van der Waals surface area contributed by atoms with Crippen molar-refractivity contribution in [3.63, 3.8) is 0 Å². The highest BCUT2D eigenvalue weighted by Gasteiger charge is 2.25. The second kappa shape index (κ2) is 9.77. The summed E-state index contributed by atoms with van der Waals surface area (Å²) >= 11 is 0. The highest BCUT2D eigenvalue weighted by molar-refractivity contribution is 5.84. The van der Waals surface area contributed by atoms with E-state index in [9.17, 15) is 14.4 Å². The Balaban J connectivity index is 1.39. The Kier molecular flexibility index (Phi) is 6.89. The fraction of sp³-hybridized carbons (Fsp3) is 0.381. The average Bonchev–Trinajstić information content (AvgIpc) is 2.76. The molecule has 1 saturated heterocycles. The lowest BCUT2D eigenvalue weighted by Crippen LogP contribution is -2.51. The van der Waals surface area contributed by atoms with Gasteiger partial charge in [-0.05, 0) is 29.8 Å². The maximum Gasteiger partial charge on any atom is 0.409 e. The molecule has 0 aliphatic carbocycles. The molecule has 0 saturated carbocycles. The molecule has 1 heterocycles. The first kappa shape index (κ1) is 20.4. The van der Waals surface area contributed by atoms with Gasteiger partial charge in [0.1, 0.15) is 5.75 Å². The molecule has 0 aromatic heterocycles. The fourth-order valence-corrected chi connectivity index (χ4v) is 3.03. The SMILES string of the molecule is CCOC(=O)N1CCN(C(=O)COC(=O)COc2ccc3ccccc3c2)CC1. The van der Waals surface area contributed by atoms with Gasteiger partial charge in [0.2, 0.25) is 0 Å². The highest BCUT2D eigenvalue weighted by Crippen LogP contribution is 2.20. The van der Waals surface area contributed by atoms with E-state index in [1.807, 2.05) is 36.4 Å². The van der Waals surface area contributed by atoms with Gasteiger partial charge >= 0.3 is 12.1 Å². The van der Waals surface area contributed by atoms with Crippen molar-refractivity contribution in [3.8, 4) is 5.75 Å². The van der Waals surface area contributed by atoms with Gasteiger partial charge in [-0.2, -0.15) is 0 Å². The van der Waals surface area contributed by atoms with Crippen LogP contribution in [0.5, 0.6) is 5.75 Å². The molecule has 2 amide bonds. The predicted octanol–water partition coefficient (Wildman–Crippen LogP) is 2.06. The van der Waals surface area contributed by atoms with Crippen molar-refractivity contribution in [2.75, 3.05) is 46.0 Å². The van der Waals surface area contributed by atoms with Gasteiger partial charge in [0.05, 0.1) is 6.61 Å². The number of hydrogen-bond acceptors (Lipinski definition) is 6. The van der Waals surface area contributed by atoms with Crippen LogP contribution in [0.2, 0.25) is 0 Å². The van der Waals surface area contributed by atoms with E-state index in [4.69, 9.17) is 14.2 Å². The van der Waals surface area contributed by atoms with E-state index in [0.717, 1.165) is 10.8 Å². The van der Waals surface area contributed by atoms with Crippen molar-refractivity contribution in [1.29, 1.82) is 0 Å². The molecule has 0 atom stereocenters. The number of nitrogens with zero attached hydrogens (tertiary/aromatic N) is 2. The summed E-state index contributed by atoms with van der Waals surface area (Å²) in [4.78, 5) is 38.9. The van der Waals surface area contributed by atoms with Crippen LogP contribution in [0.4, 0.5) is 4.79 Å². The van der Waals surface area contributed by atoms with Crippen LogP contribution in [0.3, 0.4) is 0 Å². The third kappa shape index (κ3) is 5.60. The summed E-state index contributed by atoms with van der Waals surface area (Å²) in [5.74, 6) is -0.355. The molecule has 29 heavy (non-hydrogen) atoms. The molecule has 0 bridgehead atoms. The van der Waals surface area contributed by atoms with E-state index in [-0.39, 0.29) is 25.2 Å². The molecule has 0 N–H and O–H groups in total. The maximum absolute atomic E-state index is 12.2. The second-order valence-electron chi connectivity index (χ2n) is 6.53. The minimum atomic E-state index is -0.614. The molecule has 154 valence electrons. The topological polar surface area (TPSA) is 85.4 Å². The normalized spacial score (nSPS) is 13.8. The fourth-order valence-electron chi connectivity index (χ4n) is 3.03. The smallest absolute Gasteiger partial charge is 0.409 e. The molecule has 1 aliphatic rings. The lowest BCUT2D eigenvalue weighted by molar-refractivity contribution is -0.154. The summed E-state index contributed by atoms with van der Waals surface area (Å²) in [6.45, 7) is 2.98. The minimum absolute atomic E-state index is 0.276. The molecule has 1 fully saturated rings. The third-order valence-corrected chi connectivity index (χ3v) is 4.59. The molecule has 3 rings (SSSR count). The average molecular weight is 400 g/mol. The highest BCUT2D eigenvalue weighted by atomic mass is 16.6. The van der Waals surface area contributed by atoms with Crippen LogP contribution >= 0.6 is 0 Å². The number of benzene rings is 2. The number of hydrogen-bond donors (Lipinski definition) is 0. The first-order valence-electron chi connectivity index (χ1n) is 9.53. The molecule has 8 heteroatoms. The molecule has 2 aromatic rings. The number of amides is 2. The number of piperazine rings is 1. The number of carbonyl (C=O) groups excluding carboxylic acids is 3. The maximum atomic E-state index is 12.2. The standard InChI is InChI=1S/C21H24N2O6/c1-2-27-21(26)23-11-9-22(10-12-23)19(24)14-29-20(25)15-28-18-8-7-16-5-3-4-6-17(16)13-18/h3-8,13H,2,9-12,14-15H2,1H3. The molecular formula is C21H24N2O6. The summed E-state index contributed by atoms with van der Waals surface area (Å²) in [5.41, 5.74) is 0. The molecule has 2 aromatic carbocycles. The van der Waals surface area contributed by atoms with E-state index in [2.05, 4.69) is 0 Å². The number of carbonyl (C=O) groups is 3. The Morgan fingerprint density at radius 1 is 0.862 bits per heavy atom. The van der Waals surface area contributed by atoms with Crippen LogP contribution in [0.1, 0.15) is 6.92 Å².